The molecule has 112 valence electrons. The molecule has 0 saturated carbocycles. The highest BCUT2D eigenvalue weighted by Gasteiger charge is 2.34. The van der Waals surface area contributed by atoms with Gasteiger partial charge in [-0.25, -0.2) is 4.68 Å². The smallest absolute Gasteiger partial charge is 0.252 e. The molecule has 1 amide bonds. The largest absolute Gasteiger partial charge is 0.381 e. The van der Waals surface area contributed by atoms with E-state index in [1.165, 1.54) is 0 Å². The fourth-order valence-corrected chi connectivity index (χ4v) is 2.39. The Bertz CT molecular complexity index is 682. The van der Waals surface area contributed by atoms with Gasteiger partial charge in [-0.1, -0.05) is 5.21 Å². The molecule has 2 aromatic rings. The fraction of sp³-hybridized carbons (Fsp3) is 0.333. The number of hydrogen-bond acceptors (Lipinski definition) is 5. The molecule has 0 unspecified atom stereocenters. The molecule has 1 fully saturated rings. The van der Waals surface area contributed by atoms with Crippen LogP contribution in [0.5, 0.6) is 0 Å². The third kappa shape index (κ3) is 2.82. The van der Waals surface area contributed by atoms with E-state index in [4.69, 9.17) is 4.74 Å². The van der Waals surface area contributed by atoms with Crippen molar-refractivity contribution in [1.29, 1.82) is 5.26 Å². The Kier molecular flexibility index (Phi) is 3.85. The second kappa shape index (κ2) is 5.95. The number of nitriles is 1. The summed E-state index contributed by atoms with van der Waals surface area (Å²) >= 11 is 0. The zero-order chi connectivity index (χ0) is 15.4. The Morgan fingerprint density at radius 1 is 1.32 bits per heavy atom. The van der Waals surface area contributed by atoms with Crippen LogP contribution < -0.4 is 5.32 Å². The number of amides is 1. The van der Waals surface area contributed by atoms with E-state index in [-0.39, 0.29) is 5.91 Å². The van der Waals surface area contributed by atoms with Crippen molar-refractivity contribution in [2.45, 2.75) is 18.4 Å². The van der Waals surface area contributed by atoms with Gasteiger partial charge in [0.2, 0.25) is 0 Å². The number of ether oxygens (including phenoxy) is 1. The molecule has 7 nitrogen and oxygen atoms in total. The number of hydrogen-bond donors (Lipinski definition) is 1. The molecule has 0 radical (unpaired) electrons. The number of nitrogens with one attached hydrogen (secondary N) is 1. The minimum Gasteiger partial charge on any atom is -0.381 e. The summed E-state index contributed by atoms with van der Waals surface area (Å²) in [5.41, 5.74) is 0.486. The van der Waals surface area contributed by atoms with Crippen molar-refractivity contribution in [2.75, 3.05) is 13.2 Å². The fourth-order valence-electron chi connectivity index (χ4n) is 2.39. The quantitative estimate of drug-likeness (QED) is 0.914. The van der Waals surface area contributed by atoms with E-state index in [2.05, 4.69) is 21.7 Å². The van der Waals surface area contributed by atoms with E-state index in [9.17, 15) is 10.1 Å². The zero-order valence-corrected chi connectivity index (χ0v) is 11.9. The van der Waals surface area contributed by atoms with Gasteiger partial charge in [0.1, 0.15) is 5.54 Å². The first-order valence-corrected chi connectivity index (χ1v) is 7.01. The average Bonchev–Trinajstić information content (AvgIpc) is 3.10. The second-order valence-electron chi connectivity index (χ2n) is 5.15. The summed E-state index contributed by atoms with van der Waals surface area (Å²) in [4.78, 5) is 12.3. The molecule has 1 aliphatic heterocycles. The second-order valence-corrected chi connectivity index (χ2v) is 5.15. The zero-order valence-electron chi connectivity index (χ0n) is 11.9. The third-order valence-electron chi connectivity index (χ3n) is 3.73. The minimum absolute atomic E-state index is 0.256. The molecule has 3 rings (SSSR count). The monoisotopic (exact) mass is 297 g/mol. The highest BCUT2D eigenvalue weighted by Crippen LogP contribution is 2.20. The van der Waals surface area contributed by atoms with Gasteiger partial charge in [0.15, 0.2) is 0 Å². The van der Waals surface area contributed by atoms with Crippen molar-refractivity contribution in [3.8, 4) is 11.8 Å². The molecule has 22 heavy (non-hydrogen) atoms. The van der Waals surface area contributed by atoms with Crippen LogP contribution in [0.15, 0.2) is 36.7 Å². The van der Waals surface area contributed by atoms with E-state index in [0.717, 1.165) is 5.69 Å². The third-order valence-corrected chi connectivity index (χ3v) is 3.73. The molecular weight excluding hydrogens is 282 g/mol. The van der Waals surface area contributed by atoms with Gasteiger partial charge in [-0.15, -0.1) is 5.10 Å². The van der Waals surface area contributed by atoms with Crippen LogP contribution in [0.1, 0.15) is 23.2 Å². The molecular formula is C15H15N5O2. The van der Waals surface area contributed by atoms with Crippen molar-refractivity contribution in [2.24, 2.45) is 0 Å². The van der Waals surface area contributed by atoms with Crippen LogP contribution >= 0.6 is 0 Å². The van der Waals surface area contributed by atoms with Crippen LogP contribution in [-0.4, -0.2) is 39.7 Å². The summed E-state index contributed by atoms with van der Waals surface area (Å²) in [6.45, 7) is 0.970. The Morgan fingerprint density at radius 3 is 2.64 bits per heavy atom. The van der Waals surface area contributed by atoms with Crippen LogP contribution in [-0.2, 0) is 4.74 Å². The average molecular weight is 297 g/mol. The number of carbonyl (C=O) groups excluding carboxylic acids is 1. The number of benzene rings is 1. The van der Waals surface area contributed by atoms with Crippen LogP contribution in [0.4, 0.5) is 0 Å². The first kappa shape index (κ1) is 14.2. The van der Waals surface area contributed by atoms with Gasteiger partial charge in [-0.05, 0) is 24.3 Å². The maximum Gasteiger partial charge on any atom is 0.252 e. The number of carbonyl (C=O) groups is 1. The lowest BCUT2D eigenvalue weighted by molar-refractivity contribution is 0.0531. The van der Waals surface area contributed by atoms with Crippen molar-refractivity contribution in [1.82, 2.24) is 20.3 Å². The summed E-state index contributed by atoms with van der Waals surface area (Å²) in [6.07, 6.45) is 4.32. The molecule has 1 saturated heterocycles. The van der Waals surface area contributed by atoms with Gasteiger partial charge in [0.25, 0.3) is 5.91 Å². The molecule has 7 heteroatoms. The van der Waals surface area contributed by atoms with E-state index in [1.54, 1.807) is 41.3 Å². The molecule has 2 heterocycles. The molecule has 0 bridgehead atoms. The predicted octanol–water partition coefficient (Wildman–Crippen LogP) is 1.07. The van der Waals surface area contributed by atoms with E-state index < -0.39 is 5.54 Å². The lowest BCUT2D eigenvalue weighted by Crippen LogP contribution is -2.50. The topological polar surface area (TPSA) is 92.8 Å². The SMILES string of the molecule is N#CC1(NC(=O)c2ccc(-n3ccnn3)cc2)CCOCC1. The van der Waals surface area contributed by atoms with Crippen molar-refractivity contribution in [3.63, 3.8) is 0 Å². The molecule has 0 aliphatic carbocycles. The Labute approximate surface area is 127 Å². The standard InChI is InChI=1S/C15H15N5O2/c16-11-15(5-9-22-10-6-15)18-14(21)12-1-3-13(4-2-12)20-8-7-17-19-20/h1-4,7-8H,5-6,9-10H2,(H,18,21). The molecule has 1 N–H and O–H groups in total. The first-order chi connectivity index (χ1) is 10.7. The van der Waals surface area contributed by atoms with E-state index >= 15 is 0 Å². The van der Waals surface area contributed by atoms with E-state index in [1.807, 2.05) is 0 Å². The lowest BCUT2D eigenvalue weighted by Gasteiger charge is -2.31. The van der Waals surface area contributed by atoms with Crippen molar-refractivity contribution < 1.29 is 9.53 Å². The van der Waals surface area contributed by atoms with Crippen LogP contribution in [0.3, 0.4) is 0 Å². The van der Waals surface area contributed by atoms with Crippen LogP contribution in [0.25, 0.3) is 5.69 Å². The predicted molar refractivity (Wildman–Crippen MR) is 77.2 cm³/mol. The summed E-state index contributed by atoms with van der Waals surface area (Å²) in [5, 5.41) is 19.8. The number of nitrogens with zero attached hydrogens (tertiary/aromatic N) is 4. The highest BCUT2D eigenvalue weighted by molar-refractivity contribution is 5.95. The molecule has 1 aliphatic rings. The van der Waals surface area contributed by atoms with Crippen molar-refractivity contribution >= 4 is 5.91 Å². The number of rotatable bonds is 3. The maximum atomic E-state index is 12.3. The lowest BCUT2D eigenvalue weighted by atomic mass is 9.91. The summed E-state index contributed by atoms with van der Waals surface area (Å²) in [6, 6.07) is 9.20. The van der Waals surface area contributed by atoms with Gasteiger partial charge >= 0.3 is 0 Å². The van der Waals surface area contributed by atoms with Gasteiger partial charge in [0, 0.05) is 31.6 Å². The molecule has 0 spiro atoms. The van der Waals surface area contributed by atoms with Gasteiger partial charge < -0.3 is 10.1 Å². The van der Waals surface area contributed by atoms with Crippen LogP contribution in [0.2, 0.25) is 0 Å². The molecule has 0 atom stereocenters. The normalized spacial score (nSPS) is 16.7. The van der Waals surface area contributed by atoms with Crippen molar-refractivity contribution in [3.05, 3.63) is 42.2 Å². The molecule has 1 aromatic carbocycles. The summed E-state index contributed by atoms with van der Waals surface area (Å²) in [5.74, 6) is -0.256. The summed E-state index contributed by atoms with van der Waals surface area (Å²) in [7, 11) is 0. The van der Waals surface area contributed by atoms with Gasteiger partial charge in [0.05, 0.1) is 24.2 Å². The minimum atomic E-state index is -0.833. The van der Waals surface area contributed by atoms with E-state index in [0.29, 0.717) is 31.6 Å². The van der Waals surface area contributed by atoms with Crippen LogP contribution in [0, 0.1) is 11.3 Å². The van der Waals surface area contributed by atoms with Gasteiger partial charge in [-0.3, -0.25) is 4.79 Å². The summed E-state index contributed by atoms with van der Waals surface area (Å²) < 4.78 is 6.86. The van der Waals surface area contributed by atoms with Gasteiger partial charge in [-0.2, -0.15) is 5.26 Å². The molecule has 1 aromatic heterocycles. The highest BCUT2D eigenvalue weighted by atomic mass is 16.5. The first-order valence-electron chi connectivity index (χ1n) is 7.01. The Hall–Kier alpha value is -2.72. The number of aromatic nitrogens is 3. The Morgan fingerprint density at radius 2 is 2.05 bits per heavy atom. The Balaban J connectivity index is 1.74. The maximum absolute atomic E-state index is 12.3.